The van der Waals surface area contributed by atoms with Crippen molar-refractivity contribution in [3.05, 3.63) is 101 Å². The molecular formula is C29H27N5O4. The smallest absolute Gasteiger partial charge is 0.282 e. The van der Waals surface area contributed by atoms with Crippen molar-refractivity contribution in [2.75, 3.05) is 7.11 Å². The number of rotatable bonds is 9. The van der Waals surface area contributed by atoms with Gasteiger partial charge in [0.25, 0.3) is 5.56 Å². The molecule has 0 N–H and O–H groups in total. The van der Waals surface area contributed by atoms with Crippen LogP contribution in [0, 0.1) is 6.92 Å². The Balaban J connectivity index is 1.38. The second-order valence-corrected chi connectivity index (χ2v) is 8.77. The normalized spacial score (nSPS) is 11.0. The molecule has 3 aromatic heterocycles. The molecular weight excluding hydrogens is 482 g/mol. The number of Topliss-reactive ketones (excluding diaryl/α,β-unsaturated/α-hetero) is 1. The van der Waals surface area contributed by atoms with Crippen molar-refractivity contribution < 1.29 is 14.3 Å². The molecule has 9 nitrogen and oxygen atoms in total. The first kappa shape index (κ1) is 24.9. The van der Waals surface area contributed by atoms with Gasteiger partial charge in [0.15, 0.2) is 11.5 Å². The van der Waals surface area contributed by atoms with Crippen LogP contribution in [0.25, 0.3) is 16.6 Å². The molecule has 5 rings (SSSR count). The molecule has 38 heavy (non-hydrogen) atoms. The molecule has 0 unspecified atom stereocenters. The summed E-state index contributed by atoms with van der Waals surface area (Å²) in [4.78, 5) is 39.7. The Kier molecular flexibility index (Phi) is 6.99. The fourth-order valence-electron chi connectivity index (χ4n) is 4.44. The number of aromatic nitrogens is 5. The van der Waals surface area contributed by atoms with E-state index in [1.807, 2.05) is 60.1 Å². The van der Waals surface area contributed by atoms with Gasteiger partial charge >= 0.3 is 0 Å². The number of ether oxygens (including phenoxy) is 2. The Morgan fingerprint density at radius 2 is 1.74 bits per heavy atom. The lowest BCUT2D eigenvalue weighted by Crippen LogP contribution is -2.24. The molecule has 2 aromatic carbocycles. The highest BCUT2D eigenvalue weighted by atomic mass is 16.5. The van der Waals surface area contributed by atoms with Crippen LogP contribution in [0.1, 0.15) is 35.2 Å². The van der Waals surface area contributed by atoms with Crippen LogP contribution in [0.4, 0.5) is 0 Å². The minimum absolute atomic E-state index is 0.0979. The molecule has 0 saturated carbocycles. The van der Waals surface area contributed by atoms with Crippen molar-refractivity contribution in [1.29, 1.82) is 0 Å². The number of carbonyl (C=O) groups excluding carboxylic acids is 1. The monoisotopic (exact) mass is 509 g/mol. The van der Waals surface area contributed by atoms with Gasteiger partial charge in [-0.25, -0.2) is 14.6 Å². The van der Waals surface area contributed by atoms with E-state index in [1.165, 1.54) is 12.4 Å². The molecule has 192 valence electrons. The Labute approximate surface area is 219 Å². The number of nitrogens with zero attached hydrogens (tertiary/aromatic N) is 5. The van der Waals surface area contributed by atoms with Crippen molar-refractivity contribution >= 4 is 16.7 Å². The third-order valence-corrected chi connectivity index (χ3v) is 6.25. The summed E-state index contributed by atoms with van der Waals surface area (Å²) < 4.78 is 14.7. The zero-order chi connectivity index (χ0) is 26.6. The predicted molar refractivity (Wildman–Crippen MR) is 143 cm³/mol. The fraction of sp³-hybridized carbons (Fsp3) is 0.207. The standard InChI is InChI=1S/C29H27N5O4/c1-4-14-33-19(2)28(29(36)34(33)20-8-6-5-7-9-20)25(35)16-27-31-17-22(18-32-27)38-26-12-13-30-24-15-21(37-3)10-11-23(24)26/h5-13,15,17-18H,4,14,16H2,1-3H3. The quantitative estimate of drug-likeness (QED) is 0.260. The van der Waals surface area contributed by atoms with E-state index in [0.29, 0.717) is 41.0 Å². The lowest BCUT2D eigenvalue weighted by atomic mass is 10.1. The highest BCUT2D eigenvalue weighted by molar-refractivity contribution is 5.98. The third-order valence-electron chi connectivity index (χ3n) is 6.25. The number of fused-ring (bicyclic) bond motifs is 1. The minimum Gasteiger partial charge on any atom is -0.497 e. The van der Waals surface area contributed by atoms with Gasteiger partial charge in [0.2, 0.25) is 0 Å². The highest BCUT2D eigenvalue weighted by Crippen LogP contribution is 2.30. The van der Waals surface area contributed by atoms with Crippen LogP contribution in [-0.2, 0) is 13.0 Å². The maximum absolute atomic E-state index is 13.4. The summed E-state index contributed by atoms with van der Waals surface area (Å²) in [5, 5.41) is 0.814. The Morgan fingerprint density at radius 3 is 2.45 bits per heavy atom. The van der Waals surface area contributed by atoms with Gasteiger partial charge in [-0.1, -0.05) is 25.1 Å². The lowest BCUT2D eigenvalue weighted by Gasteiger charge is -2.12. The molecule has 0 fully saturated rings. The first-order valence-corrected chi connectivity index (χ1v) is 12.3. The van der Waals surface area contributed by atoms with Crippen LogP contribution in [0.3, 0.4) is 0 Å². The molecule has 9 heteroatoms. The van der Waals surface area contributed by atoms with E-state index in [2.05, 4.69) is 15.0 Å². The molecule has 0 aliphatic heterocycles. The van der Waals surface area contributed by atoms with Gasteiger partial charge in [-0.05, 0) is 43.7 Å². The summed E-state index contributed by atoms with van der Waals surface area (Å²) in [7, 11) is 1.60. The highest BCUT2D eigenvalue weighted by Gasteiger charge is 2.24. The fourth-order valence-corrected chi connectivity index (χ4v) is 4.44. The van der Waals surface area contributed by atoms with Crippen molar-refractivity contribution in [2.45, 2.75) is 33.2 Å². The van der Waals surface area contributed by atoms with Gasteiger partial charge in [-0.15, -0.1) is 0 Å². The Morgan fingerprint density at radius 1 is 0.974 bits per heavy atom. The van der Waals surface area contributed by atoms with E-state index in [4.69, 9.17) is 9.47 Å². The van der Waals surface area contributed by atoms with Gasteiger partial charge in [0.05, 0.1) is 37.1 Å². The van der Waals surface area contributed by atoms with E-state index in [9.17, 15) is 9.59 Å². The van der Waals surface area contributed by atoms with Crippen molar-refractivity contribution in [2.24, 2.45) is 0 Å². The zero-order valence-electron chi connectivity index (χ0n) is 21.4. The van der Waals surface area contributed by atoms with Gasteiger partial charge in [-0.2, -0.15) is 0 Å². The Bertz CT molecular complexity index is 1660. The average Bonchev–Trinajstić information content (AvgIpc) is 3.19. The van der Waals surface area contributed by atoms with Gasteiger partial charge in [0, 0.05) is 29.9 Å². The minimum atomic E-state index is -0.340. The van der Waals surface area contributed by atoms with Crippen LogP contribution in [0.15, 0.2) is 78.0 Å². The molecule has 0 amide bonds. The molecule has 3 heterocycles. The average molecular weight is 510 g/mol. The summed E-state index contributed by atoms with van der Waals surface area (Å²) >= 11 is 0. The predicted octanol–water partition coefficient (Wildman–Crippen LogP) is 4.92. The van der Waals surface area contributed by atoms with Crippen LogP contribution in [0.2, 0.25) is 0 Å². The summed E-state index contributed by atoms with van der Waals surface area (Å²) in [6.07, 6.45) is 5.41. The van der Waals surface area contributed by atoms with Crippen molar-refractivity contribution in [1.82, 2.24) is 24.3 Å². The molecule has 0 aliphatic rings. The molecule has 0 bridgehead atoms. The molecule has 0 aliphatic carbocycles. The van der Waals surface area contributed by atoms with Crippen molar-refractivity contribution in [3.8, 4) is 22.9 Å². The van der Waals surface area contributed by atoms with E-state index >= 15 is 0 Å². The topological polar surface area (TPSA) is 101 Å². The van der Waals surface area contributed by atoms with Gasteiger partial charge in [0.1, 0.15) is 22.9 Å². The summed E-state index contributed by atoms with van der Waals surface area (Å²) in [6, 6.07) is 16.6. The molecule has 0 radical (unpaired) electrons. The second kappa shape index (κ2) is 10.7. The van der Waals surface area contributed by atoms with Crippen LogP contribution in [-0.4, -0.2) is 37.2 Å². The van der Waals surface area contributed by atoms with E-state index in [-0.39, 0.29) is 23.3 Å². The van der Waals surface area contributed by atoms with Gasteiger partial charge < -0.3 is 9.47 Å². The largest absolute Gasteiger partial charge is 0.497 e. The molecule has 0 saturated heterocycles. The van der Waals surface area contributed by atoms with E-state index in [0.717, 1.165) is 17.3 Å². The van der Waals surface area contributed by atoms with Crippen molar-refractivity contribution in [3.63, 3.8) is 0 Å². The maximum Gasteiger partial charge on any atom is 0.282 e. The number of para-hydroxylation sites is 1. The lowest BCUT2D eigenvalue weighted by molar-refractivity contribution is 0.0989. The maximum atomic E-state index is 13.4. The third kappa shape index (κ3) is 4.78. The van der Waals surface area contributed by atoms with Crippen LogP contribution in [0.5, 0.6) is 17.2 Å². The number of hydrogen-bond donors (Lipinski definition) is 0. The number of ketones is 1. The van der Waals surface area contributed by atoms with E-state index in [1.54, 1.807) is 31.0 Å². The zero-order valence-corrected chi connectivity index (χ0v) is 21.4. The van der Waals surface area contributed by atoms with Gasteiger partial charge in [-0.3, -0.25) is 19.3 Å². The van der Waals surface area contributed by atoms with E-state index < -0.39 is 0 Å². The van der Waals surface area contributed by atoms with Crippen LogP contribution < -0.4 is 15.0 Å². The molecule has 5 aromatic rings. The Hall–Kier alpha value is -4.79. The number of benzene rings is 2. The molecule has 0 spiro atoms. The number of carbonyl (C=O) groups is 1. The molecule has 0 atom stereocenters. The summed E-state index contributed by atoms with van der Waals surface area (Å²) in [5.74, 6) is 1.70. The number of pyridine rings is 1. The second-order valence-electron chi connectivity index (χ2n) is 8.77. The first-order valence-electron chi connectivity index (χ1n) is 12.3. The first-order chi connectivity index (χ1) is 18.5. The van der Waals surface area contributed by atoms with Crippen LogP contribution >= 0.6 is 0 Å². The number of hydrogen-bond acceptors (Lipinski definition) is 7. The number of methoxy groups -OCH3 is 1. The summed E-state index contributed by atoms with van der Waals surface area (Å²) in [6.45, 7) is 4.45. The summed E-state index contributed by atoms with van der Waals surface area (Å²) in [5.41, 5.74) is 1.90. The SMILES string of the molecule is CCCn1c(C)c(C(=O)Cc2ncc(Oc3ccnc4cc(OC)ccc34)cn2)c(=O)n1-c1ccccc1.